The highest BCUT2D eigenvalue weighted by molar-refractivity contribution is 14.0. The van der Waals surface area contributed by atoms with Crippen LogP contribution < -0.4 is 16.0 Å². The fourth-order valence-electron chi connectivity index (χ4n) is 3.59. The van der Waals surface area contributed by atoms with E-state index in [1.54, 1.807) is 31.6 Å². The predicted molar refractivity (Wildman–Crippen MR) is 130 cm³/mol. The molecule has 1 amide bonds. The minimum Gasteiger partial charge on any atom is -0.355 e. The van der Waals surface area contributed by atoms with Crippen LogP contribution in [0.1, 0.15) is 49.9 Å². The largest absolute Gasteiger partial charge is 0.355 e. The summed E-state index contributed by atoms with van der Waals surface area (Å²) >= 11 is 0. The number of halogens is 1. The molecular weight excluding hydrogens is 479 g/mol. The summed E-state index contributed by atoms with van der Waals surface area (Å²) in [5, 5.41) is 9.63. The number of guanidine groups is 1. The Hall–Kier alpha value is -1.42. The zero-order valence-corrected chi connectivity index (χ0v) is 20.3. The molecule has 0 bridgehead atoms. The molecule has 2 heterocycles. The van der Waals surface area contributed by atoms with E-state index in [2.05, 4.69) is 44.7 Å². The molecule has 0 aliphatic carbocycles. The van der Waals surface area contributed by atoms with Crippen molar-refractivity contribution in [2.45, 2.75) is 45.6 Å². The van der Waals surface area contributed by atoms with E-state index in [4.69, 9.17) is 0 Å². The summed E-state index contributed by atoms with van der Waals surface area (Å²) in [6, 6.07) is 4.02. The Balaban J connectivity index is 0.00000420. The number of pyridine rings is 1. The molecule has 0 aromatic carbocycles. The maximum Gasteiger partial charge on any atom is 0.252 e. The summed E-state index contributed by atoms with van der Waals surface area (Å²) in [7, 11) is 1.78. The third-order valence-corrected chi connectivity index (χ3v) is 5.21. The fraction of sp³-hybridized carbons (Fsp3) is 0.667. The number of carbonyl (C=O) groups is 1. The van der Waals surface area contributed by atoms with Crippen LogP contribution in [0.5, 0.6) is 0 Å². The van der Waals surface area contributed by atoms with Crippen molar-refractivity contribution in [2.75, 3.05) is 39.8 Å². The van der Waals surface area contributed by atoms with Crippen molar-refractivity contribution in [1.82, 2.24) is 25.8 Å². The zero-order valence-electron chi connectivity index (χ0n) is 18.0. The van der Waals surface area contributed by atoms with Crippen LogP contribution in [-0.2, 0) is 0 Å². The molecule has 1 aromatic rings. The highest BCUT2D eigenvalue weighted by Crippen LogP contribution is 2.17. The molecule has 1 aliphatic rings. The number of aliphatic imine (C=N–C) groups is 1. The van der Waals surface area contributed by atoms with Gasteiger partial charge in [-0.05, 0) is 44.0 Å². The van der Waals surface area contributed by atoms with Crippen molar-refractivity contribution in [2.24, 2.45) is 10.9 Å². The summed E-state index contributed by atoms with van der Waals surface area (Å²) in [6.07, 6.45) is 8.52. The lowest BCUT2D eigenvalue weighted by atomic mass is 10.0. The van der Waals surface area contributed by atoms with Gasteiger partial charge >= 0.3 is 0 Å². The van der Waals surface area contributed by atoms with E-state index in [0.29, 0.717) is 30.6 Å². The summed E-state index contributed by atoms with van der Waals surface area (Å²) in [4.78, 5) is 22.9. The van der Waals surface area contributed by atoms with Crippen LogP contribution in [0.3, 0.4) is 0 Å². The van der Waals surface area contributed by atoms with E-state index in [0.717, 1.165) is 12.5 Å². The van der Waals surface area contributed by atoms with Gasteiger partial charge in [-0.3, -0.25) is 19.7 Å². The van der Waals surface area contributed by atoms with Crippen molar-refractivity contribution in [3.63, 3.8) is 0 Å². The van der Waals surface area contributed by atoms with Crippen molar-refractivity contribution in [3.8, 4) is 0 Å². The number of aromatic nitrogens is 1. The smallest absolute Gasteiger partial charge is 0.252 e. The molecular formula is C21H37IN6O. The van der Waals surface area contributed by atoms with Crippen molar-refractivity contribution < 1.29 is 4.79 Å². The highest BCUT2D eigenvalue weighted by Gasteiger charge is 2.22. The van der Waals surface area contributed by atoms with Gasteiger partial charge in [0.2, 0.25) is 0 Å². The van der Waals surface area contributed by atoms with Gasteiger partial charge < -0.3 is 16.0 Å². The number of nitrogens with zero attached hydrogens (tertiary/aromatic N) is 3. The van der Waals surface area contributed by atoms with Crippen molar-refractivity contribution in [3.05, 3.63) is 30.1 Å². The third kappa shape index (κ3) is 9.29. The summed E-state index contributed by atoms with van der Waals surface area (Å²) in [5.74, 6) is 1.25. The second kappa shape index (κ2) is 14.5. The molecule has 1 aliphatic heterocycles. The highest BCUT2D eigenvalue weighted by atomic mass is 127. The minimum atomic E-state index is -0.112. The normalized spacial score (nSPS) is 16.5. The Kier molecular flexibility index (Phi) is 12.8. The molecule has 1 aromatic heterocycles. The Labute approximate surface area is 192 Å². The molecule has 1 saturated heterocycles. The second-order valence-corrected chi connectivity index (χ2v) is 7.64. The lowest BCUT2D eigenvalue weighted by Crippen LogP contribution is -2.50. The first-order valence-electron chi connectivity index (χ1n) is 10.5. The van der Waals surface area contributed by atoms with Crippen LogP contribution in [0.2, 0.25) is 0 Å². The number of hydrogen-bond acceptors (Lipinski definition) is 4. The standard InChI is InChI=1S/C21H36N6O.HI/c1-17(2)19(27-13-6-4-5-7-14-27)16-26-21(22-3)25-12-11-24-20(28)18-9-8-10-23-15-18;/h8-10,15,17,19H,4-7,11-14,16H2,1-3H3,(H,24,28)(H2,22,25,26);1H. The number of hydrogen-bond donors (Lipinski definition) is 3. The summed E-state index contributed by atoms with van der Waals surface area (Å²) in [6.45, 7) is 8.98. The van der Waals surface area contributed by atoms with Gasteiger partial charge in [0.25, 0.3) is 5.91 Å². The van der Waals surface area contributed by atoms with Crippen LogP contribution in [0.15, 0.2) is 29.5 Å². The summed E-state index contributed by atoms with van der Waals surface area (Å²) < 4.78 is 0. The molecule has 0 radical (unpaired) electrons. The van der Waals surface area contributed by atoms with Gasteiger partial charge in [-0.15, -0.1) is 24.0 Å². The van der Waals surface area contributed by atoms with Crippen LogP contribution in [0.25, 0.3) is 0 Å². The number of carbonyl (C=O) groups excluding carboxylic acids is 1. The fourth-order valence-corrected chi connectivity index (χ4v) is 3.59. The van der Waals surface area contributed by atoms with Crippen LogP contribution in [0, 0.1) is 5.92 Å². The van der Waals surface area contributed by atoms with Gasteiger partial charge in [0.1, 0.15) is 0 Å². The van der Waals surface area contributed by atoms with Gasteiger partial charge in [0, 0.05) is 45.1 Å². The van der Waals surface area contributed by atoms with E-state index in [1.165, 1.54) is 38.8 Å². The van der Waals surface area contributed by atoms with E-state index >= 15 is 0 Å². The van der Waals surface area contributed by atoms with E-state index < -0.39 is 0 Å². The first-order chi connectivity index (χ1) is 13.6. The maximum absolute atomic E-state index is 12.0. The number of likely N-dealkylation sites (tertiary alicyclic amines) is 1. The molecule has 3 N–H and O–H groups in total. The SMILES string of the molecule is CN=C(NCCNC(=O)c1cccnc1)NCC(C(C)C)N1CCCCCC1.I. The van der Waals surface area contributed by atoms with E-state index in [9.17, 15) is 4.79 Å². The van der Waals surface area contributed by atoms with Crippen molar-refractivity contribution in [1.29, 1.82) is 0 Å². The van der Waals surface area contributed by atoms with Gasteiger partial charge in [0.05, 0.1) is 5.56 Å². The topological polar surface area (TPSA) is 81.6 Å². The molecule has 1 atom stereocenters. The average Bonchev–Trinajstić information content (AvgIpc) is 2.99. The van der Waals surface area contributed by atoms with Gasteiger partial charge in [0.15, 0.2) is 5.96 Å². The molecule has 0 spiro atoms. The van der Waals surface area contributed by atoms with Crippen LogP contribution in [0.4, 0.5) is 0 Å². The molecule has 1 unspecified atom stereocenters. The number of rotatable bonds is 8. The maximum atomic E-state index is 12.0. The molecule has 1 fully saturated rings. The summed E-state index contributed by atoms with van der Waals surface area (Å²) in [5.41, 5.74) is 0.572. The Bertz CT molecular complexity index is 602. The Morgan fingerprint density at radius 2 is 1.83 bits per heavy atom. The quantitative estimate of drug-likeness (QED) is 0.214. The molecule has 164 valence electrons. The van der Waals surface area contributed by atoms with Crippen molar-refractivity contribution >= 4 is 35.8 Å². The Morgan fingerprint density at radius 3 is 2.41 bits per heavy atom. The van der Waals surface area contributed by atoms with Crippen LogP contribution in [-0.4, -0.2) is 67.6 Å². The number of amides is 1. The molecule has 29 heavy (non-hydrogen) atoms. The lowest BCUT2D eigenvalue weighted by molar-refractivity contribution is 0.0954. The van der Waals surface area contributed by atoms with Gasteiger partial charge in [-0.1, -0.05) is 26.7 Å². The molecule has 0 saturated carbocycles. The zero-order chi connectivity index (χ0) is 20.2. The minimum absolute atomic E-state index is 0. The molecule has 7 nitrogen and oxygen atoms in total. The van der Waals surface area contributed by atoms with Crippen LogP contribution >= 0.6 is 24.0 Å². The van der Waals surface area contributed by atoms with E-state index in [-0.39, 0.29) is 29.9 Å². The Morgan fingerprint density at radius 1 is 1.14 bits per heavy atom. The predicted octanol–water partition coefficient (Wildman–Crippen LogP) is 2.49. The molecule has 8 heteroatoms. The van der Waals surface area contributed by atoms with Gasteiger partial charge in [-0.2, -0.15) is 0 Å². The lowest BCUT2D eigenvalue weighted by Gasteiger charge is -2.34. The van der Waals surface area contributed by atoms with Gasteiger partial charge in [-0.25, -0.2) is 0 Å². The number of nitrogens with one attached hydrogen (secondary N) is 3. The average molecular weight is 516 g/mol. The first kappa shape index (κ1) is 25.6. The third-order valence-electron chi connectivity index (χ3n) is 5.21. The molecule has 2 rings (SSSR count). The monoisotopic (exact) mass is 516 g/mol. The second-order valence-electron chi connectivity index (χ2n) is 7.64. The first-order valence-corrected chi connectivity index (χ1v) is 10.5. The van der Waals surface area contributed by atoms with E-state index in [1.807, 2.05) is 0 Å².